The van der Waals surface area contributed by atoms with Gasteiger partial charge in [-0.3, -0.25) is 9.98 Å². The van der Waals surface area contributed by atoms with Crippen LogP contribution in [0.4, 0.5) is 11.4 Å². The molecule has 0 heterocycles. The fourth-order valence-corrected chi connectivity index (χ4v) is 3.82. The van der Waals surface area contributed by atoms with Crippen molar-refractivity contribution in [1.82, 2.24) is 0 Å². The number of hydrogen-bond acceptors (Lipinski definition) is 10. The summed E-state index contributed by atoms with van der Waals surface area (Å²) in [5.74, 6) is 0.204. The van der Waals surface area contributed by atoms with Crippen LogP contribution >= 0.6 is 0 Å². The summed E-state index contributed by atoms with van der Waals surface area (Å²) < 4.78 is 64.4. The molecule has 4 aromatic rings. The molecule has 0 aliphatic carbocycles. The molecule has 0 atom stereocenters. The van der Waals surface area contributed by atoms with Crippen LogP contribution in [0.3, 0.4) is 0 Å². The number of phenols is 2. The topological polar surface area (TPSA) is 378 Å². The van der Waals surface area contributed by atoms with E-state index in [9.17, 15) is 36.2 Å². The van der Waals surface area contributed by atoms with Crippen molar-refractivity contribution in [3.63, 3.8) is 0 Å². The standard InChI is InChI=1S/2C13H11NO4S.6H2O.Zn/c2*15-13-4-2-1-3-10(13)9-14-11-5-7-12(8-6-11)19(16,17)18;;;;;;;/h2*1-9,15H,(H,16,17,18);6*1H2;/q;;;;;;;;+2/p+4. The Balaban J connectivity index is -0.000000205. The molecule has 0 radical (unpaired) electrons. The van der Waals surface area contributed by atoms with Gasteiger partial charge in [0.15, 0.2) is 0 Å². The van der Waals surface area contributed by atoms with E-state index < -0.39 is 20.2 Å². The van der Waals surface area contributed by atoms with E-state index in [4.69, 9.17) is 0 Å². The van der Waals surface area contributed by atoms with E-state index in [1.54, 1.807) is 36.4 Å². The van der Waals surface area contributed by atoms with Crippen molar-refractivity contribution < 1.29 is 88.5 Å². The van der Waals surface area contributed by atoms with Gasteiger partial charge in [0, 0.05) is 23.6 Å². The fraction of sp³-hybridized carbons (Fsp3) is 0. The van der Waals surface area contributed by atoms with Gasteiger partial charge in [0.25, 0.3) is 0 Å². The van der Waals surface area contributed by atoms with Gasteiger partial charge >= 0.3 is 19.5 Å². The SMILES string of the molecule is O=S(=O)([O-])c1ccc(N=Cc2ccccc2O)cc1.O=S(=O)([O-])c1ccc(N=Cc2ccccc2O)cc1.[OH3+].[OH3+].[OH3+].[OH3+].[OH3+].[OH3+].[Zn+2]. The average molecular weight is 732 g/mol. The third-order valence-electron chi connectivity index (χ3n) is 4.83. The minimum Gasteiger partial charge on any atom is -0.744 e. The molecule has 0 amide bonds. The summed E-state index contributed by atoms with van der Waals surface area (Å²) in [6.45, 7) is 0. The Morgan fingerprint density at radius 3 is 1.00 bits per heavy atom. The summed E-state index contributed by atoms with van der Waals surface area (Å²) in [4.78, 5) is 7.56. The summed E-state index contributed by atoms with van der Waals surface area (Å²) >= 11 is 0. The van der Waals surface area contributed by atoms with Crippen molar-refractivity contribution in [3.8, 4) is 11.5 Å². The van der Waals surface area contributed by atoms with Crippen molar-refractivity contribution in [3.05, 3.63) is 108 Å². The van der Waals surface area contributed by atoms with E-state index in [0.717, 1.165) is 0 Å². The molecular formula is C26H38N2O14S2Zn+6. The molecule has 45 heavy (non-hydrogen) atoms. The Kier molecular flexibility index (Phi) is 25.3. The maximum atomic E-state index is 10.7. The Labute approximate surface area is 271 Å². The number of para-hydroxylation sites is 2. The third kappa shape index (κ3) is 16.1. The predicted molar refractivity (Wildman–Crippen MR) is 169 cm³/mol. The Hall–Kier alpha value is -3.98. The van der Waals surface area contributed by atoms with E-state index in [0.29, 0.717) is 22.5 Å². The molecule has 19 heteroatoms. The summed E-state index contributed by atoms with van der Waals surface area (Å²) in [5.41, 5.74) is 2.05. The normalized spacial score (nSPS) is 10.0. The molecular weight excluding hydrogens is 694 g/mol. The van der Waals surface area contributed by atoms with E-state index >= 15 is 0 Å². The van der Waals surface area contributed by atoms with Gasteiger partial charge in [-0.1, -0.05) is 24.3 Å². The van der Waals surface area contributed by atoms with E-state index in [2.05, 4.69) is 9.98 Å². The summed E-state index contributed by atoms with van der Waals surface area (Å²) in [5, 5.41) is 19.1. The number of hydrogen-bond donors (Lipinski definition) is 2. The minimum atomic E-state index is -4.44. The predicted octanol–water partition coefficient (Wildman–Crippen LogP) is -1.44. The molecule has 4 aromatic carbocycles. The number of rotatable bonds is 6. The van der Waals surface area contributed by atoms with Crippen LogP contribution in [0, 0.1) is 0 Å². The maximum Gasteiger partial charge on any atom is 2.00 e. The van der Waals surface area contributed by atoms with E-state index in [1.165, 1.54) is 73.1 Å². The molecule has 0 aromatic heterocycles. The molecule has 244 valence electrons. The Bertz CT molecular complexity index is 1560. The number of nitrogens with zero attached hydrogens (tertiary/aromatic N) is 2. The van der Waals surface area contributed by atoms with Gasteiger partial charge in [-0.05, 0) is 72.8 Å². The quantitative estimate of drug-likeness (QED) is 0.102. The smallest absolute Gasteiger partial charge is 0.744 e. The minimum absolute atomic E-state index is 0. The Morgan fingerprint density at radius 2 is 0.756 bits per heavy atom. The van der Waals surface area contributed by atoms with Crippen LogP contribution in [0.2, 0.25) is 0 Å². The second-order valence-corrected chi connectivity index (χ2v) is 10.3. The van der Waals surface area contributed by atoms with Crippen LogP contribution in [0.25, 0.3) is 0 Å². The van der Waals surface area contributed by atoms with Crippen molar-refractivity contribution in [2.75, 3.05) is 0 Å². The van der Waals surface area contributed by atoms with Crippen LogP contribution in [0.1, 0.15) is 11.1 Å². The fourth-order valence-electron chi connectivity index (χ4n) is 2.88. The van der Waals surface area contributed by atoms with Crippen molar-refractivity contribution in [2.45, 2.75) is 9.79 Å². The number of aliphatic imine (C=N–C) groups is 2. The van der Waals surface area contributed by atoms with Crippen molar-refractivity contribution in [1.29, 1.82) is 0 Å². The third-order valence-corrected chi connectivity index (χ3v) is 6.53. The molecule has 0 unspecified atom stereocenters. The first-order valence-corrected chi connectivity index (χ1v) is 13.5. The van der Waals surface area contributed by atoms with Gasteiger partial charge in [0.2, 0.25) is 0 Å². The van der Waals surface area contributed by atoms with Crippen LogP contribution in [-0.4, -0.2) is 48.6 Å². The number of phenolic OH excluding ortho intramolecular Hbond substituents is 2. The van der Waals surface area contributed by atoms with Gasteiger partial charge in [-0.25, -0.2) is 16.8 Å². The maximum absolute atomic E-state index is 10.7. The monoisotopic (exact) mass is 730 g/mol. The molecule has 0 spiro atoms. The molecule has 0 saturated heterocycles. The Morgan fingerprint density at radius 1 is 0.489 bits per heavy atom. The summed E-state index contributed by atoms with van der Waals surface area (Å²) in [6, 6.07) is 23.8. The molecule has 0 aliphatic heterocycles. The molecule has 16 nitrogen and oxygen atoms in total. The largest absolute Gasteiger partial charge is 2.00 e. The first-order chi connectivity index (χ1) is 17.9. The van der Waals surface area contributed by atoms with Gasteiger partial charge in [-0.2, -0.15) is 0 Å². The van der Waals surface area contributed by atoms with Crippen molar-refractivity contribution >= 4 is 44.0 Å². The van der Waals surface area contributed by atoms with Gasteiger partial charge in [-0.15, -0.1) is 0 Å². The van der Waals surface area contributed by atoms with Crippen LogP contribution in [0.5, 0.6) is 11.5 Å². The molecule has 20 N–H and O–H groups in total. The zero-order valence-electron chi connectivity index (χ0n) is 23.6. The second-order valence-electron chi connectivity index (χ2n) is 7.53. The first kappa shape index (κ1) is 50.6. The van der Waals surface area contributed by atoms with Crippen LogP contribution in [-0.2, 0) is 72.6 Å². The van der Waals surface area contributed by atoms with Gasteiger partial charge in [0.05, 0.1) is 21.2 Å². The molecule has 0 fully saturated rings. The van der Waals surface area contributed by atoms with Crippen molar-refractivity contribution in [2.24, 2.45) is 9.98 Å². The van der Waals surface area contributed by atoms with Crippen LogP contribution in [0.15, 0.2) is 117 Å². The summed E-state index contributed by atoms with van der Waals surface area (Å²) in [6.07, 6.45) is 2.91. The molecule has 4 rings (SSSR count). The van der Waals surface area contributed by atoms with E-state index in [-0.39, 0.29) is 73.6 Å². The second kappa shape index (κ2) is 22.5. The zero-order valence-corrected chi connectivity index (χ0v) is 28.2. The summed E-state index contributed by atoms with van der Waals surface area (Å²) in [7, 11) is -8.87. The van der Waals surface area contributed by atoms with Gasteiger partial charge < -0.3 is 52.2 Å². The first-order valence-electron chi connectivity index (χ1n) is 10.7. The van der Waals surface area contributed by atoms with Gasteiger partial charge in [0.1, 0.15) is 31.7 Å². The average Bonchev–Trinajstić information content (AvgIpc) is 2.88. The van der Waals surface area contributed by atoms with E-state index in [1.807, 2.05) is 0 Å². The molecule has 0 aliphatic rings. The molecule has 0 bridgehead atoms. The number of aromatic hydroxyl groups is 2. The number of benzene rings is 4. The molecule has 0 saturated carbocycles. The zero-order chi connectivity index (χ0) is 27.8. The van der Waals surface area contributed by atoms with Crippen LogP contribution < -0.4 is 0 Å².